The molecule has 0 unspecified atom stereocenters. The second-order valence-electron chi connectivity index (χ2n) is 7.96. The highest BCUT2D eigenvalue weighted by Crippen LogP contribution is 2.43. The highest BCUT2D eigenvalue weighted by Gasteiger charge is 2.28. The van der Waals surface area contributed by atoms with Crippen molar-refractivity contribution in [1.29, 1.82) is 0 Å². The normalized spacial score (nSPS) is 17.1. The third-order valence-corrected chi connectivity index (χ3v) is 6.28. The Balaban J connectivity index is 1.81. The number of aromatic amines is 1. The highest BCUT2D eigenvalue weighted by molar-refractivity contribution is 6.30. The quantitative estimate of drug-likeness (QED) is 0.628. The van der Waals surface area contributed by atoms with Gasteiger partial charge in [0.1, 0.15) is 5.82 Å². The molecule has 0 atom stereocenters. The minimum absolute atomic E-state index is 0.611. The summed E-state index contributed by atoms with van der Waals surface area (Å²) in [6, 6.07) is 8.12. The first-order valence-corrected chi connectivity index (χ1v) is 11.0. The molecule has 3 aromatic rings. The number of tetrazole rings is 1. The van der Waals surface area contributed by atoms with Crippen LogP contribution < -0.4 is 4.90 Å². The Labute approximate surface area is 175 Å². The number of piperidine rings is 1. The van der Waals surface area contributed by atoms with Gasteiger partial charge >= 0.3 is 0 Å². The summed E-state index contributed by atoms with van der Waals surface area (Å²) in [4.78, 5) is 7.64. The monoisotopic (exact) mass is 408 g/mol. The Morgan fingerprint density at radius 3 is 2.55 bits per heavy atom. The Bertz CT molecular complexity index is 995. The van der Waals surface area contributed by atoms with Crippen molar-refractivity contribution in [1.82, 2.24) is 25.6 Å². The number of aromatic nitrogens is 5. The molecule has 6 nitrogen and oxygen atoms in total. The van der Waals surface area contributed by atoms with E-state index in [-0.39, 0.29) is 0 Å². The van der Waals surface area contributed by atoms with Crippen molar-refractivity contribution in [3.63, 3.8) is 0 Å². The number of hydrogen-bond donors (Lipinski definition) is 1. The topological polar surface area (TPSA) is 70.6 Å². The number of benzene rings is 1. The van der Waals surface area contributed by atoms with Crippen molar-refractivity contribution in [3.8, 4) is 22.5 Å². The van der Waals surface area contributed by atoms with Gasteiger partial charge in [0.25, 0.3) is 0 Å². The zero-order valence-corrected chi connectivity index (χ0v) is 17.3. The Hall–Kier alpha value is -2.47. The predicted octanol–water partition coefficient (Wildman–Crippen LogP) is 4.84. The second kappa shape index (κ2) is 8.11. The average molecular weight is 409 g/mol. The molecule has 0 radical (unpaired) electrons. The number of halogens is 1. The molecular weight excluding hydrogens is 384 g/mol. The highest BCUT2D eigenvalue weighted by atomic mass is 35.5. The van der Waals surface area contributed by atoms with E-state index in [0.29, 0.717) is 5.82 Å². The molecule has 7 heteroatoms. The Morgan fingerprint density at radius 1 is 0.931 bits per heavy atom. The smallest absolute Gasteiger partial charge is 0.209 e. The Morgan fingerprint density at radius 2 is 1.76 bits per heavy atom. The van der Waals surface area contributed by atoms with E-state index in [2.05, 4.69) is 31.6 Å². The molecule has 3 heterocycles. The summed E-state index contributed by atoms with van der Waals surface area (Å²) < 4.78 is 0. The average Bonchev–Trinajstić information content (AvgIpc) is 3.18. The van der Waals surface area contributed by atoms with E-state index >= 15 is 0 Å². The SMILES string of the molecule is Clc1cccc(-c2c3c(nc(N4CCCCC4)c2-c2nn[nH]n2)CCCCC3)c1. The first kappa shape index (κ1) is 18.6. The van der Waals surface area contributed by atoms with Gasteiger partial charge in [0.2, 0.25) is 5.82 Å². The number of hydrogen-bond acceptors (Lipinski definition) is 5. The number of nitrogens with one attached hydrogen (secondary N) is 1. The van der Waals surface area contributed by atoms with Gasteiger partial charge in [0, 0.05) is 29.4 Å². The summed E-state index contributed by atoms with van der Waals surface area (Å²) in [5.74, 6) is 1.61. The number of H-pyrrole nitrogens is 1. The van der Waals surface area contributed by atoms with Crippen LogP contribution in [0.5, 0.6) is 0 Å². The molecule has 1 fully saturated rings. The van der Waals surface area contributed by atoms with Crippen LogP contribution in [0, 0.1) is 0 Å². The number of pyridine rings is 1. The molecule has 2 aliphatic rings. The van der Waals surface area contributed by atoms with Gasteiger partial charge in [0.15, 0.2) is 0 Å². The van der Waals surface area contributed by atoms with Gasteiger partial charge in [-0.25, -0.2) is 4.98 Å². The van der Waals surface area contributed by atoms with E-state index in [4.69, 9.17) is 16.6 Å². The van der Waals surface area contributed by atoms with Crippen LogP contribution in [0.15, 0.2) is 24.3 Å². The van der Waals surface area contributed by atoms with Crippen LogP contribution in [0.2, 0.25) is 5.02 Å². The van der Waals surface area contributed by atoms with Crippen LogP contribution in [0.25, 0.3) is 22.5 Å². The van der Waals surface area contributed by atoms with Crippen molar-refractivity contribution < 1.29 is 0 Å². The van der Waals surface area contributed by atoms with Crippen molar-refractivity contribution >= 4 is 17.4 Å². The molecule has 0 bridgehead atoms. The number of fused-ring (bicyclic) bond motifs is 1. The van der Waals surface area contributed by atoms with Gasteiger partial charge in [-0.15, -0.1) is 10.2 Å². The molecule has 1 saturated heterocycles. The van der Waals surface area contributed by atoms with Crippen LogP contribution in [-0.2, 0) is 12.8 Å². The van der Waals surface area contributed by atoms with Crippen LogP contribution in [0.1, 0.15) is 49.8 Å². The van der Waals surface area contributed by atoms with Crippen molar-refractivity contribution in [3.05, 3.63) is 40.5 Å². The maximum atomic E-state index is 6.40. The fourth-order valence-electron chi connectivity index (χ4n) is 4.68. The standard InChI is InChI=1S/C22H25ClN6/c23-16-9-7-8-15(14-16)19-17-10-3-1-4-11-18(17)24-22(29-12-5-2-6-13-29)20(19)21-25-27-28-26-21/h7-9,14H,1-6,10-13H2,(H,25,26,27,28). The maximum absolute atomic E-state index is 6.40. The molecule has 0 amide bonds. The van der Waals surface area contributed by atoms with E-state index in [9.17, 15) is 0 Å². The minimum atomic E-state index is 0.611. The van der Waals surface area contributed by atoms with Crippen LogP contribution in [0.4, 0.5) is 5.82 Å². The molecule has 1 N–H and O–H groups in total. The zero-order valence-electron chi connectivity index (χ0n) is 16.5. The Kier molecular flexibility index (Phi) is 5.19. The largest absolute Gasteiger partial charge is 0.356 e. The number of nitrogens with zero attached hydrogens (tertiary/aromatic N) is 5. The van der Waals surface area contributed by atoms with Gasteiger partial charge in [-0.3, -0.25) is 0 Å². The molecular formula is C22H25ClN6. The fourth-order valence-corrected chi connectivity index (χ4v) is 4.87. The fraction of sp³-hybridized carbons (Fsp3) is 0.455. The molecule has 29 heavy (non-hydrogen) atoms. The van der Waals surface area contributed by atoms with Crippen molar-refractivity contribution in [2.75, 3.05) is 18.0 Å². The third kappa shape index (κ3) is 3.62. The summed E-state index contributed by atoms with van der Waals surface area (Å²) >= 11 is 6.40. The lowest BCUT2D eigenvalue weighted by molar-refractivity contribution is 0.573. The van der Waals surface area contributed by atoms with Gasteiger partial charge in [-0.2, -0.15) is 5.21 Å². The van der Waals surface area contributed by atoms with Gasteiger partial charge < -0.3 is 4.90 Å². The summed E-state index contributed by atoms with van der Waals surface area (Å²) in [7, 11) is 0. The molecule has 2 aromatic heterocycles. The van der Waals surface area contributed by atoms with Gasteiger partial charge in [-0.05, 0) is 73.4 Å². The lowest BCUT2D eigenvalue weighted by Gasteiger charge is -2.31. The van der Waals surface area contributed by atoms with Gasteiger partial charge in [0.05, 0.1) is 5.56 Å². The molecule has 1 aromatic carbocycles. The maximum Gasteiger partial charge on any atom is 0.209 e. The molecule has 0 saturated carbocycles. The van der Waals surface area contributed by atoms with Crippen molar-refractivity contribution in [2.24, 2.45) is 0 Å². The zero-order chi connectivity index (χ0) is 19.6. The first-order valence-electron chi connectivity index (χ1n) is 10.6. The summed E-state index contributed by atoms with van der Waals surface area (Å²) in [5, 5.41) is 16.0. The van der Waals surface area contributed by atoms with Crippen LogP contribution in [-0.4, -0.2) is 38.7 Å². The number of aryl methyl sites for hydroxylation is 1. The molecule has 1 aliphatic heterocycles. The predicted molar refractivity (Wildman–Crippen MR) is 115 cm³/mol. The summed E-state index contributed by atoms with van der Waals surface area (Å²) in [6.45, 7) is 2.04. The number of rotatable bonds is 3. The first-order chi connectivity index (χ1) is 14.3. The van der Waals surface area contributed by atoms with E-state index in [1.54, 1.807) is 0 Å². The van der Waals surface area contributed by atoms with Crippen LogP contribution >= 0.6 is 11.6 Å². The van der Waals surface area contributed by atoms with E-state index in [0.717, 1.165) is 47.9 Å². The molecule has 5 rings (SSSR count). The minimum Gasteiger partial charge on any atom is -0.356 e. The van der Waals surface area contributed by atoms with E-state index in [1.165, 1.54) is 55.3 Å². The summed E-state index contributed by atoms with van der Waals surface area (Å²) in [6.07, 6.45) is 9.31. The van der Waals surface area contributed by atoms with Crippen molar-refractivity contribution in [2.45, 2.75) is 51.4 Å². The second-order valence-corrected chi connectivity index (χ2v) is 8.40. The lowest BCUT2D eigenvalue weighted by Crippen LogP contribution is -2.31. The van der Waals surface area contributed by atoms with Crippen LogP contribution in [0.3, 0.4) is 0 Å². The van der Waals surface area contributed by atoms with E-state index in [1.807, 2.05) is 18.2 Å². The van der Waals surface area contributed by atoms with E-state index < -0.39 is 0 Å². The number of anilines is 1. The summed E-state index contributed by atoms with van der Waals surface area (Å²) in [5.41, 5.74) is 5.83. The molecule has 1 aliphatic carbocycles. The molecule has 0 spiro atoms. The third-order valence-electron chi connectivity index (χ3n) is 6.04. The molecule has 150 valence electrons. The van der Waals surface area contributed by atoms with Gasteiger partial charge in [-0.1, -0.05) is 30.2 Å². The lowest BCUT2D eigenvalue weighted by atomic mass is 9.90.